The lowest BCUT2D eigenvalue weighted by atomic mass is 10.1. The van der Waals surface area contributed by atoms with E-state index in [0.29, 0.717) is 36.4 Å². The van der Waals surface area contributed by atoms with Crippen LogP contribution in [0.4, 0.5) is 8.78 Å². The first-order valence-corrected chi connectivity index (χ1v) is 11.6. The van der Waals surface area contributed by atoms with E-state index in [-0.39, 0.29) is 24.1 Å². The number of nitrogens with zero attached hydrogens (tertiary/aromatic N) is 3. The van der Waals surface area contributed by atoms with Crippen LogP contribution < -0.4 is 10.1 Å². The quantitative estimate of drug-likeness (QED) is 0.310. The number of amides is 1. The molecule has 0 unspecified atom stereocenters. The molecule has 0 aliphatic heterocycles. The highest BCUT2D eigenvalue weighted by molar-refractivity contribution is 6.30. The van der Waals surface area contributed by atoms with E-state index in [1.54, 1.807) is 36.5 Å². The van der Waals surface area contributed by atoms with E-state index >= 15 is 0 Å². The monoisotopic (exact) mass is 498 g/mol. The maximum atomic E-state index is 13.1. The summed E-state index contributed by atoms with van der Waals surface area (Å²) in [5.41, 5.74) is 3.25. The highest BCUT2D eigenvalue weighted by Crippen LogP contribution is 2.23. The smallest absolute Gasteiger partial charge is 0.394 e. The molecule has 2 aromatic carbocycles. The third kappa shape index (κ3) is 6.54. The molecule has 0 aliphatic carbocycles. The summed E-state index contributed by atoms with van der Waals surface area (Å²) in [4.78, 5) is 21.8. The Balaban J connectivity index is 1.46. The molecule has 2 aromatic heterocycles. The molecule has 0 saturated heterocycles. The summed E-state index contributed by atoms with van der Waals surface area (Å²) in [6, 6.07) is 17.3. The van der Waals surface area contributed by atoms with E-state index in [2.05, 4.69) is 20.0 Å². The molecule has 0 fully saturated rings. The van der Waals surface area contributed by atoms with Crippen molar-refractivity contribution in [3.05, 3.63) is 88.8 Å². The number of ether oxygens (including phenoxy) is 1. The molecule has 0 radical (unpaired) electrons. The summed E-state index contributed by atoms with van der Waals surface area (Å²) in [7, 11) is 0. The summed E-state index contributed by atoms with van der Waals surface area (Å²) in [6.07, 6.45) is -0.895. The van der Waals surface area contributed by atoms with Gasteiger partial charge in [0.15, 0.2) is 5.65 Å². The van der Waals surface area contributed by atoms with Crippen LogP contribution in [0.15, 0.2) is 66.9 Å². The summed E-state index contributed by atoms with van der Waals surface area (Å²) < 4.78 is 32.7. The lowest BCUT2D eigenvalue weighted by molar-refractivity contribution is -0.158. The van der Waals surface area contributed by atoms with Crippen molar-refractivity contribution in [2.24, 2.45) is 0 Å². The van der Waals surface area contributed by atoms with Crippen LogP contribution in [0.1, 0.15) is 43.3 Å². The Bertz CT molecular complexity index is 1300. The van der Waals surface area contributed by atoms with Gasteiger partial charge >= 0.3 is 6.11 Å². The Morgan fingerprint density at radius 2 is 1.86 bits per heavy atom. The molecule has 35 heavy (non-hydrogen) atoms. The van der Waals surface area contributed by atoms with Crippen LogP contribution in [0.5, 0.6) is 5.75 Å². The highest BCUT2D eigenvalue weighted by Gasteiger charge is 2.23. The SMILES string of the molecule is C[C@@H](NC(=O)CCc1nc2cccnc2n1Cc1ccc(OC(C)(F)F)cc1)c1ccc(Cl)cc1. The van der Waals surface area contributed by atoms with Crippen LogP contribution >= 0.6 is 11.6 Å². The molecule has 6 nitrogen and oxygen atoms in total. The minimum absolute atomic E-state index is 0.0848. The Kier molecular flexibility index (Phi) is 7.31. The third-order valence-electron chi connectivity index (χ3n) is 5.47. The number of carbonyl (C=O) groups is 1. The highest BCUT2D eigenvalue weighted by atomic mass is 35.5. The second kappa shape index (κ2) is 10.4. The van der Waals surface area contributed by atoms with E-state index in [1.807, 2.05) is 29.7 Å². The fraction of sp³-hybridized carbons (Fsp3) is 0.269. The summed E-state index contributed by atoms with van der Waals surface area (Å²) in [5.74, 6) is 0.705. The first kappa shape index (κ1) is 24.6. The number of carbonyl (C=O) groups excluding carboxylic acids is 1. The number of halogens is 3. The maximum absolute atomic E-state index is 13.1. The van der Waals surface area contributed by atoms with Gasteiger partial charge in [-0.2, -0.15) is 8.78 Å². The number of aryl methyl sites for hydroxylation is 1. The zero-order valence-corrected chi connectivity index (χ0v) is 20.1. The van der Waals surface area contributed by atoms with Crippen LogP contribution in [-0.2, 0) is 17.8 Å². The number of alkyl halides is 2. The van der Waals surface area contributed by atoms with E-state index in [9.17, 15) is 13.6 Å². The van der Waals surface area contributed by atoms with Crippen LogP contribution in [0.25, 0.3) is 11.2 Å². The lowest BCUT2D eigenvalue weighted by Gasteiger charge is -2.15. The molecule has 4 rings (SSSR count). The number of benzene rings is 2. The van der Waals surface area contributed by atoms with Crippen molar-refractivity contribution in [1.82, 2.24) is 19.9 Å². The topological polar surface area (TPSA) is 69.0 Å². The van der Waals surface area contributed by atoms with Gasteiger partial charge in [0.1, 0.15) is 17.1 Å². The molecule has 182 valence electrons. The fourth-order valence-electron chi connectivity index (χ4n) is 3.79. The predicted molar refractivity (Wildman–Crippen MR) is 131 cm³/mol. The van der Waals surface area contributed by atoms with Gasteiger partial charge in [0.25, 0.3) is 0 Å². The van der Waals surface area contributed by atoms with Crippen molar-refractivity contribution in [1.29, 1.82) is 0 Å². The van der Waals surface area contributed by atoms with E-state index in [1.165, 1.54) is 12.1 Å². The van der Waals surface area contributed by atoms with Gasteiger partial charge in [-0.05, 0) is 54.4 Å². The zero-order chi connectivity index (χ0) is 25.0. The number of aromatic nitrogens is 3. The van der Waals surface area contributed by atoms with Crippen LogP contribution in [0, 0.1) is 0 Å². The average molecular weight is 499 g/mol. The van der Waals surface area contributed by atoms with E-state index in [0.717, 1.165) is 16.6 Å². The third-order valence-corrected chi connectivity index (χ3v) is 5.72. The zero-order valence-electron chi connectivity index (χ0n) is 19.3. The van der Waals surface area contributed by atoms with Gasteiger partial charge in [0.05, 0.1) is 12.6 Å². The average Bonchev–Trinajstić information content (AvgIpc) is 3.16. The van der Waals surface area contributed by atoms with Crippen molar-refractivity contribution in [2.45, 2.75) is 45.4 Å². The Hall–Kier alpha value is -3.52. The van der Waals surface area contributed by atoms with Crippen molar-refractivity contribution >= 4 is 28.7 Å². The summed E-state index contributed by atoms with van der Waals surface area (Å²) >= 11 is 5.94. The van der Waals surface area contributed by atoms with Crippen molar-refractivity contribution in [3.63, 3.8) is 0 Å². The molecule has 1 amide bonds. The first-order valence-electron chi connectivity index (χ1n) is 11.2. The summed E-state index contributed by atoms with van der Waals surface area (Å²) in [5, 5.41) is 3.65. The van der Waals surface area contributed by atoms with Gasteiger partial charge in [0.2, 0.25) is 5.91 Å². The number of pyridine rings is 1. The van der Waals surface area contributed by atoms with Crippen molar-refractivity contribution in [3.8, 4) is 5.75 Å². The van der Waals surface area contributed by atoms with Crippen LogP contribution in [0.2, 0.25) is 5.02 Å². The molecule has 4 aromatic rings. The van der Waals surface area contributed by atoms with Gasteiger partial charge in [-0.25, -0.2) is 9.97 Å². The predicted octanol–water partition coefficient (Wildman–Crippen LogP) is 5.93. The number of hydrogen-bond acceptors (Lipinski definition) is 4. The molecular weight excluding hydrogens is 474 g/mol. The molecule has 1 N–H and O–H groups in total. The number of hydrogen-bond donors (Lipinski definition) is 1. The second-order valence-electron chi connectivity index (χ2n) is 8.35. The number of rotatable bonds is 9. The van der Waals surface area contributed by atoms with Crippen LogP contribution in [-0.4, -0.2) is 26.6 Å². The van der Waals surface area contributed by atoms with E-state index in [4.69, 9.17) is 11.6 Å². The Morgan fingerprint density at radius 3 is 2.54 bits per heavy atom. The molecule has 0 saturated carbocycles. The largest absolute Gasteiger partial charge is 0.433 e. The Morgan fingerprint density at radius 1 is 1.14 bits per heavy atom. The van der Waals surface area contributed by atoms with Crippen LogP contribution in [0.3, 0.4) is 0 Å². The fourth-order valence-corrected chi connectivity index (χ4v) is 3.91. The van der Waals surface area contributed by atoms with Gasteiger partial charge in [-0.3, -0.25) is 4.79 Å². The standard InChI is InChI=1S/C26H25ClF2N4O2/c1-17(19-7-9-20(27)10-8-19)31-24(34)14-13-23-32-22-4-3-15-30-25(22)33(23)16-18-5-11-21(12-6-18)35-26(2,28)29/h3-12,15,17H,13-14,16H2,1-2H3,(H,31,34)/t17-/m1/s1. The number of imidazole rings is 1. The lowest BCUT2D eigenvalue weighted by Crippen LogP contribution is -2.27. The van der Waals surface area contributed by atoms with Crippen molar-refractivity contribution in [2.75, 3.05) is 0 Å². The Labute approximate surface area is 206 Å². The number of fused-ring (bicyclic) bond motifs is 1. The molecule has 0 bridgehead atoms. The van der Waals surface area contributed by atoms with E-state index < -0.39 is 6.11 Å². The van der Waals surface area contributed by atoms with Gasteiger partial charge in [-0.1, -0.05) is 35.9 Å². The van der Waals surface area contributed by atoms with Gasteiger partial charge in [0, 0.05) is 31.0 Å². The molecule has 0 spiro atoms. The molecule has 9 heteroatoms. The maximum Gasteiger partial charge on any atom is 0.394 e. The number of nitrogens with one attached hydrogen (secondary N) is 1. The minimum Gasteiger partial charge on any atom is -0.433 e. The molecule has 1 atom stereocenters. The van der Waals surface area contributed by atoms with Crippen molar-refractivity contribution < 1.29 is 18.3 Å². The normalized spacial score (nSPS) is 12.5. The molecule has 2 heterocycles. The van der Waals surface area contributed by atoms with Gasteiger partial charge < -0.3 is 14.6 Å². The summed E-state index contributed by atoms with van der Waals surface area (Å²) in [6.45, 7) is 3.04. The molecule has 0 aliphatic rings. The first-order chi connectivity index (χ1) is 16.7. The second-order valence-corrected chi connectivity index (χ2v) is 8.79. The minimum atomic E-state index is -3.25. The molecular formula is C26H25ClF2N4O2. The van der Waals surface area contributed by atoms with Gasteiger partial charge in [-0.15, -0.1) is 0 Å².